The van der Waals surface area contributed by atoms with Crippen LogP contribution in [0.4, 0.5) is 0 Å². The number of aryl methyl sites for hydroxylation is 2. The van der Waals surface area contributed by atoms with Crippen molar-refractivity contribution in [3.63, 3.8) is 0 Å². The number of hydrogen-bond acceptors (Lipinski definition) is 4. The van der Waals surface area contributed by atoms with Gasteiger partial charge in [-0.3, -0.25) is 4.79 Å². The van der Waals surface area contributed by atoms with Crippen molar-refractivity contribution in [3.05, 3.63) is 58.4 Å². The molecule has 0 aliphatic rings. The van der Waals surface area contributed by atoms with Gasteiger partial charge in [-0.2, -0.15) is 4.99 Å². The number of hydrogen-bond donors (Lipinski definition) is 0. The first-order chi connectivity index (χ1) is 14.2. The van der Waals surface area contributed by atoms with E-state index in [0.29, 0.717) is 10.7 Å². The van der Waals surface area contributed by atoms with Crippen LogP contribution in [0.25, 0.3) is 10.2 Å². The molecule has 0 N–H and O–H groups in total. The lowest BCUT2D eigenvalue weighted by Gasteiger charge is -2.06. The zero-order chi connectivity index (χ0) is 21.9. The molecule has 160 valence electrons. The van der Waals surface area contributed by atoms with Crippen molar-refractivity contribution < 1.29 is 13.2 Å². The maximum Gasteiger partial charge on any atom is 0.249 e. The number of fused-ring (bicyclic) bond motifs is 1. The van der Waals surface area contributed by atoms with Gasteiger partial charge in [-0.15, -0.1) is 0 Å². The summed E-state index contributed by atoms with van der Waals surface area (Å²) < 4.78 is 28.2. The van der Waals surface area contributed by atoms with Crippen LogP contribution in [-0.4, -0.2) is 24.6 Å². The molecule has 1 heterocycles. The van der Waals surface area contributed by atoms with E-state index in [9.17, 15) is 13.2 Å². The van der Waals surface area contributed by atoms with Gasteiger partial charge in [-0.05, 0) is 49.1 Å². The van der Waals surface area contributed by atoms with Crippen LogP contribution in [0.2, 0.25) is 0 Å². The summed E-state index contributed by atoms with van der Waals surface area (Å²) >= 11 is 1.48. The van der Waals surface area contributed by atoms with Gasteiger partial charge in [0.25, 0.3) is 0 Å². The normalized spacial score (nSPS) is 12.8. The summed E-state index contributed by atoms with van der Waals surface area (Å²) in [6, 6.07) is 13.0. The second-order valence-electron chi connectivity index (χ2n) is 7.81. The Morgan fingerprint density at radius 2 is 1.83 bits per heavy atom. The Labute approximate surface area is 182 Å². The molecule has 0 spiro atoms. The molecule has 5 nitrogen and oxygen atoms in total. The van der Waals surface area contributed by atoms with Gasteiger partial charge in [0.05, 0.1) is 20.9 Å². The van der Waals surface area contributed by atoms with Gasteiger partial charge in [0.2, 0.25) is 5.91 Å². The summed E-state index contributed by atoms with van der Waals surface area (Å²) in [5, 5.41) is 0. The van der Waals surface area contributed by atoms with E-state index in [-0.39, 0.29) is 17.1 Å². The predicted molar refractivity (Wildman–Crippen MR) is 123 cm³/mol. The van der Waals surface area contributed by atoms with Crippen LogP contribution in [0.1, 0.15) is 50.7 Å². The second-order valence-corrected chi connectivity index (χ2v) is 10.9. The van der Waals surface area contributed by atoms with Crippen LogP contribution < -0.4 is 4.80 Å². The Morgan fingerprint density at radius 1 is 1.13 bits per heavy atom. The van der Waals surface area contributed by atoms with Crippen molar-refractivity contribution in [2.75, 3.05) is 5.75 Å². The molecule has 0 aliphatic heterocycles. The molecule has 0 radical (unpaired) electrons. The highest BCUT2D eigenvalue weighted by Gasteiger charge is 2.17. The lowest BCUT2D eigenvalue weighted by molar-refractivity contribution is -0.117. The SMILES string of the molecule is CCCn1c(=NC(=O)CCS(=O)(=O)c2ccc(C)cc2)sc2cc(C(C)C)ccc21. The Morgan fingerprint density at radius 3 is 2.47 bits per heavy atom. The molecule has 0 fully saturated rings. The summed E-state index contributed by atoms with van der Waals surface area (Å²) in [6.07, 6.45) is 0.786. The fourth-order valence-electron chi connectivity index (χ4n) is 3.22. The van der Waals surface area contributed by atoms with E-state index in [1.54, 1.807) is 24.3 Å². The van der Waals surface area contributed by atoms with Crippen molar-refractivity contribution in [2.45, 2.75) is 57.9 Å². The maximum atomic E-state index is 12.5. The molecule has 0 atom stereocenters. The minimum atomic E-state index is -3.51. The quantitative estimate of drug-likeness (QED) is 0.524. The van der Waals surface area contributed by atoms with Crippen LogP contribution in [0, 0.1) is 6.92 Å². The standard InChI is InChI=1S/C23H28N2O3S2/c1-5-13-25-20-11-8-18(16(2)3)15-21(20)29-23(25)24-22(26)12-14-30(27,28)19-9-6-17(4)7-10-19/h6-11,15-16H,5,12-14H2,1-4H3. The first-order valence-corrected chi connectivity index (χ1v) is 12.7. The van der Waals surface area contributed by atoms with Crippen LogP contribution in [0.3, 0.4) is 0 Å². The molecule has 30 heavy (non-hydrogen) atoms. The highest BCUT2D eigenvalue weighted by atomic mass is 32.2. The number of thiazole rings is 1. The Bertz CT molecular complexity index is 1220. The van der Waals surface area contributed by atoms with Gasteiger partial charge in [-0.1, -0.05) is 55.9 Å². The van der Waals surface area contributed by atoms with Crippen molar-refractivity contribution in [2.24, 2.45) is 4.99 Å². The molecule has 0 unspecified atom stereocenters. The zero-order valence-electron chi connectivity index (χ0n) is 17.9. The topological polar surface area (TPSA) is 68.5 Å². The monoisotopic (exact) mass is 444 g/mol. The number of rotatable bonds is 7. The van der Waals surface area contributed by atoms with E-state index in [1.807, 2.05) is 6.92 Å². The first-order valence-electron chi connectivity index (χ1n) is 10.2. The first kappa shape index (κ1) is 22.4. The van der Waals surface area contributed by atoms with Gasteiger partial charge in [0, 0.05) is 13.0 Å². The van der Waals surface area contributed by atoms with Gasteiger partial charge in [-0.25, -0.2) is 8.42 Å². The number of sulfone groups is 1. The number of amides is 1. The fourth-order valence-corrected chi connectivity index (χ4v) is 5.57. The largest absolute Gasteiger partial charge is 0.316 e. The van der Waals surface area contributed by atoms with Crippen LogP contribution >= 0.6 is 11.3 Å². The van der Waals surface area contributed by atoms with Gasteiger partial charge < -0.3 is 4.57 Å². The van der Waals surface area contributed by atoms with Crippen molar-refractivity contribution in [1.29, 1.82) is 0 Å². The third-order valence-corrected chi connectivity index (χ3v) is 7.78. The summed E-state index contributed by atoms with van der Waals surface area (Å²) in [4.78, 5) is 17.7. The van der Waals surface area contributed by atoms with E-state index in [1.165, 1.54) is 16.9 Å². The Hall–Kier alpha value is -2.25. The Kier molecular flexibility index (Phi) is 6.93. The number of benzene rings is 2. The molecule has 3 aromatic rings. The summed E-state index contributed by atoms with van der Waals surface area (Å²) in [5.41, 5.74) is 3.30. The molecule has 1 amide bonds. The van der Waals surface area contributed by atoms with E-state index < -0.39 is 15.7 Å². The molecule has 7 heteroatoms. The van der Waals surface area contributed by atoms with Gasteiger partial charge >= 0.3 is 0 Å². The molecule has 2 aromatic carbocycles. The number of nitrogens with zero attached hydrogens (tertiary/aromatic N) is 2. The fraction of sp³-hybridized carbons (Fsp3) is 0.391. The minimum absolute atomic E-state index is 0.131. The van der Waals surface area contributed by atoms with Crippen molar-refractivity contribution in [1.82, 2.24) is 4.57 Å². The van der Waals surface area contributed by atoms with Crippen LogP contribution in [0.15, 0.2) is 52.4 Å². The molecule has 0 aliphatic carbocycles. The van der Waals surface area contributed by atoms with Crippen molar-refractivity contribution in [3.8, 4) is 0 Å². The van der Waals surface area contributed by atoms with E-state index in [4.69, 9.17) is 0 Å². The highest BCUT2D eigenvalue weighted by molar-refractivity contribution is 7.91. The lowest BCUT2D eigenvalue weighted by atomic mass is 10.0. The third-order valence-electron chi connectivity index (χ3n) is 5.01. The smallest absolute Gasteiger partial charge is 0.249 e. The maximum absolute atomic E-state index is 12.5. The number of carbonyl (C=O) groups is 1. The molecule has 0 bridgehead atoms. The third kappa shape index (κ3) is 5.08. The highest BCUT2D eigenvalue weighted by Crippen LogP contribution is 2.24. The summed E-state index contributed by atoms with van der Waals surface area (Å²) in [6.45, 7) is 9.04. The van der Waals surface area contributed by atoms with Gasteiger partial charge in [0.1, 0.15) is 0 Å². The summed E-state index contributed by atoms with van der Waals surface area (Å²) in [7, 11) is -3.51. The van der Waals surface area contributed by atoms with Crippen LogP contribution in [-0.2, 0) is 21.2 Å². The Balaban J connectivity index is 1.86. The average Bonchev–Trinajstić information content (AvgIpc) is 3.03. The molecule has 0 saturated heterocycles. The predicted octanol–water partition coefficient (Wildman–Crippen LogP) is 4.84. The van der Waals surface area contributed by atoms with E-state index in [2.05, 4.69) is 48.5 Å². The molecule has 0 saturated carbocycles. The van der Waals surface area contributed by atoms with E-state index in [0.717, 1.165) is 28.7 Å². The molecular formula is C23H28N2O3S2. The van der Waals surface area contributed by atoms with E-state index >= 15 is 0 Å². The molecule has 3 rings (SSSR count). The van der Waals surface area contributed by atoms with Crippen LogP contribution in [0.5, 0.6) is 0 Å². The summed E-state index contributed by atoms with van der Waals surface area (Å²) in [5.74, 6) is -0.231. The average molecular weight is 445 g/mol. The zero-order valence-corrected chi connectivity index (χ0v) is 19.5. The molecular weight excluding hydrogens is 416 g/mol. The van der Waals surface area contributed by atoms with Crippen molar-refractivity contribution >= 4 is 37.3 Å². The number of carbonyl (C=O) groups excluding carboxylic acids is 1. The molecule has 1 aromatic heterocycles. The minimum Gasteiger partial charge on any atom is -0.316 e. The van der Waals surface area contributed by atoms with Gasteiger partial charge in [0.15, 0.2) is 14.6 Å². The lowest BCUT2D eigenvalue weighted by Crippen LogP contribution is -2.18. The number of aromatic nitrogens is 1. The second kappa shape index (κ2) is 9.27.